The highest BCUT2D eigenvalue weighted by atomic mass is 16.1. The van der Waals surface area contributed by atoms with Gasteiger partial charge in [-0.1, -0.05) is 29.8 Å². The normalized spacial score (nSPS) is 11.1. The SMILES string of the molecule is CCNC(=NCCCCCn1nc(-c2ccc(C)cc2)ccc1=O)NC#N. The molecule has 2 N–H and O–H groups in total. The Kier molecular flexibility index (Phi) is 8.04. The van der Waals surface area contributed by atoms with Crippen LogP contribution in [0.4, 0.5) is 0 Å². The van der Waals surface area contributed by atoms with Gasteiger partial charge in [-0.3, -0.25) is 15.1 Å². The Hall–Kier alpha value is -3.14. The average Bonchev–Trinajstić information content (AvgIpc) is 2.67. The quantitative estimate of drug-likeness (QED) is 0.246. The predicted molar refractivity (Wildman–Crippen MR) is 107 cm³/mol. The lowest BCUT2D eigenvalue weighted by molar-refractivity contribution is 0.525. The van der Waals surface area contributed by atoms with Gasteiger partial charge in [-0.2, -0.15) is 10.4 Å². The van der Waals surface area contributed by atoms with Crippen LogP contribution in [0.1, 0.15) is 31.7 Å². The van der Waals surface area contributed by atoms with Crippen LogP contribution in [0.2, 0.25) is 0 Å². The van der Waals surface area contributed by atoms with Crippen LogP contribution in [-0.2, 0) is 6.54 Å². The minimum absolute atomic E-state index is 0.0865. The fraction of sp³-hybridized carbons (Fsp3) is 0.400. The zero-order valence-electron chi connectivity index (χ0n) is 15.9. The van der Waals surface area contributed by atoms with Crippen molar-refractivity contribution in [3.63, 3.8) is 0 Å². The summed E-state index contributed by atoms with van der Waals surface area (Å²) in [5.74, 6) is 0.503. The number of hydrogen-bond acceptors (Lipinski definition) is 4. The second-order valence-electron chi connectivity index (χ2n) is 6.20. The standard InChI is InChI=1S/C20H26N6O/c1-3-22-20(24-15-21)23-13-5-4-6-14-26-19(27)12-11-18(25-26)17-9-7-16(2)8-10-17/h7-12H,3-6,13-14H2,1-2H3,(H2,22,23,24). The molecule has 0 radical (unpaired) electrons. The maximum Gasteiger partial charge on any atom is 0.266 e. The van der Waals surface area contributed by atoms with Crippen molar-refractivity contribution >= 4 is 5.96 Å². The highest BCUT2D eigenvalue weighted by molar-refractivity contribution is 5.81. The number of nitrogens with zero attached hydrogens (tertiary/aromatic N) is 4. The van der Waals surface area contributed by atoms with Crippen LogP contribution in [0.3, 0.4) is 0 Å². The first kappa shape index (κ1) is 20.2. The van der Waals surface area contributed by atoms with Gasteiger partial charge in [0.25, 0.3) is 5.56 Å². The first-order valence-corrected chi connectivity index (χ1v) is 9.22. The molecule has 0 aliphatic heterocycles. The first-order chi connectivity index (χ1) is 13.1. The lowest BCUT2D eigenvalue weighted by Gasteiger charge is -2.08. The van der Waals surface area contributed by atoms with E-state index in [-0.39, 0.29) is 5.56 Å². The summed E-state index contributed by atoms with van der Waals surface area (Å²) < 4.78 is 1.53. The molecule has 1 aromatic carbocycles. The molecule has 7 nitrogen and oxygen atoms in total. The molecule has 2 aromatic rings. The molecule has 0 saturated heterocycles. The summed E-state index contributed by atoms with van der Waals surface area (Å²) >= 11 is 0. The van der Waals surface area contributed by atoms with Crippen molar-refractivity contribution in [2.24, 2.45) is 4.99 Å². The van der Waals surface area contributed by atoms with Crippen LogP contribution in [-0.4, -0.2) is 28.8 Å². The van der Waals surface area contributed by atoms with Crippen LogP contribution < -0.4 is 16.2 Å². The largest absolute Gasteiger partial charge is 0.356 e. The van der Waals surface area contributed by atoms with Gasteiger partial charge in [0.15, 0.2) is 6.19 Å². The number of nitriles is 1. The molecule has 7 heteroatoms. The monoisotopic (exact) mass is 366 g/mol. The van der Waals surface area contributed by atoms with E-state index in [0.717, 1.165) is 30.5 Å². The van der Waals surface area contributed by atoms with E-state index in [1.807, 2.05) is 44.3 Å². The van der Waals surface area contributed by atoms with E-state index < -0.39 is 0 Å². The highest BCUT2D eigenvalue weighted by Gasteiger charge is 2.03. The summed E-state index contributed by atoms with van der Waals surface area (Å²) in [7, 11) is 0. The number of aliphatic imine (C=N–C) groups is 1. The minimum atomic E-state index is -0.0865. The van der Waals surface area contributed by atoms with Gasteiger partial charge < -0.3 is 5.32 Å². The number of hydrogen-bond donors (Lipinski definition) is 2. The summed E-state index contributed by atoms with van der Waals surface area (Å²) in [6.45, 7) is 5.91. The van der Waals surface area contributed by atoms with Crippen LogP contribution in [0.15, 0.2) is 46.2 Å². The maximum absolute atomic E-state index is 12.0. The Balaban J connectivity index is 1.86. The second kappa shape index (κ2) is 10.8. The van der Waals surface area contributed by atoms with Crippen molar-refractivity contribution in [1.82, 2.24) is 20.4 Å². The Morgan fingerprint density at radius 2 is 1.96 bits per heavy atom. The molecule has 27 heavy (non-hydrogen) atoms. The van der Waals surface area contributed by atoms with Crippen LogP contribution in [0.25, 0.3) is 11.3 Å². The van der Waals surface area contributed by atoms with Crippen molar-refractivity contribution in [2.45, 2.75) is 39.7 Å². The molecule has 0 fully saturated rings. The van der Waals surface area contributed by atoms with Gasteiger partial charge in [-0.15, -0.1) is 0 Å². The maximum atomic E-state index is 12.0. The summed E-state index contributed by atoms with van der Waals surface area (Å²) in [5, 5.41) is 18.7. The van der Waals surface area contributed by atoms with Crippen LogP contribution in [0, 0.1) is 18.4 Å². The molecule has 0 atom stereocenters. The molecule has 0 bridgehead atoms. The van der Waals surface area contributed by atoms with Crippen LogP contribution in [0.5, 0.6) is 0 Å². The Bertz CT molecular complexity index is 848. The molecule has 0 unspecified atom stereocenters. The van der Waals surface area contributed by atoms with Crippen molar-refractivity contribution in [2.75, 3.05) is 13.1 Å². The number of nitrogens with one attached hydrogen (secondary N) is 2. The van der Waals surface area contributed by atoms with Crippen molar-refractivity contribution in [3.05, 3.63) is 52.3 Å². The molecule has 0 aliphatic carbocycles. The number of aryl methyl sites for hydroxylation is 2. The fourth-order valence-corrected chi connectivity index (χ4v) is 2.59. The first-order valence-electron chi connectivity index (χ1n) is 9.22. The van der Waals surface area contributed by atoms with Crippen molar-refractivity contribution in [1.29, 1.82) is 5.26 Å². The van der Waals surface area contributed by atoms with Gasteiger partial charge in [-0.25, -0.2) is 4.68 Å². The number of unbranched alkanes of at least 4 members (excludes halogenated alkanes) is 2. The molecule has 0 amide bonds. The Morgan fingerprint density at radius 3 is 2.67 bits per heavy atom. The Labute approximate surface area is 159 Å². The van der Waals surface area contributed by atoms with Gasteiger partial charge >= 0.3 is 0 Å². The third kappa shape index (κ3) is 6.59. The van der Waals surface area contributed by atoms with E-state index in [1.54, 1.807) is 12.1 Å². The van der Waals surface area contributed by atoms with E-state index in [9.17, 15) is 4.79 Å². The van der Waals surface area contributed by atoms with Gasteiger partial charge in [0, 0.05) is 31.3 Å². The third-order valence-corrected chi connectivity index (χ3v) is 4.03. The number of aromatic nitrogens is 2. The molecular weight excluding hydrogens is 340 g/mol. The lowest BCUT2D eigenvalue weighted by Crippen LogP contribution is -2.34. The highest BCUT2D eigenvalue weighted by Crippen LogP contribution is 2.15. The summed E-state index contributed by atoms with van der Waals surface area (Å²) in [6, 6.07) is 11.4. The van der Waals surface area contributed by atoms with Gasteiger partial charge in [0.1, 0.15) is 0 Å². The zero-order valence-corrected chi connectivity index (χ0v) is 15.9. The smallest absolute Gasteiger partial charge is 0.266 e. The second-order valence-corrected chi connectivity index (χ2v) is 6.20. The van der Waals surface area contributed by atoms with Crippen LogP contribution >= 0.6 is 0 Å². The number of benzene rings is 1. The lowest BCUT2D eigenvalue weighted by atomic mass is 10.1. The summed E-state index contributed by atoms with van der Waals surface area (Å²) in [4.78, 5) is 16.4. The summed E-state index contributed by atoms with van der Waals surface area (Å²) in [5.41, 5.74) is 2.91. The molecular formula is C20H26N6O. The van der Waals surface area contributed by atoms with Gasteiger partial charge in [0.2, 0.25) is 5.96 Å². The van der Waals surface area contributed by atoms with Crippen molar-refractivity contribution < 1.29 is 0 Å². The van der Waals surface area contributed by atoms with Gasteiger partial charge in [-0.05, 0) is 39.2 Å². The van der Waals surface area contributed by atoms with E-state index in [4.69, 9.17) is 5.26 Å². The third-order valence-electron chi connectivity index (χ3n) is 4.03. The average molecular weight is 366 g/mol. The van der Waals surface area contributed by atoms with E-state index in [1.165, 1.54) is 10.2 Å². The Morgan fingerprint density at radius 1 is 1.19 bits per heavy atom. The topological polar surface area (TPSA) is 95.1 Å². The van der Waals surface area contributed by atoms with E-state index in [2.05, 4.69) is 20.7 Å². The molecule has 142 valence electrons. The van der Waals surface area contributed by atoms with Crippen molar-refractivity contribution in [3.8, 4) is 17.5 Å². The zero-order chi connectivity index (χ0) is 19.5. The summed E-state index contributed by atoms with van der Waals surface area (Å²) in [6.07, 6.45) is 4.53. The molecule has 0 saturated carbocycles. The molecule has 2 rings (SSSR count). The fourth-order valence-electron chi connectivity index (χ4n) is 2.59. The van der Waals surface area contributed by atoms with Gasteiger partial charge in [0.05, 0.1) is 5.69 Å². The predicted octanol–water partition coefficient (Wildman–Crippen LogP) is 2.43. The number of guanidine groups is 1. The molecule has 1 aromatic heterocycles. The van der Waals surface area contributed by atoms with E-state index in [0.29, 0.717) is 25.6 Å². The minimum Gasteiger partial charge on any atom is -0.356 e. The number of rotatable bonds is 8. The van der Waals surface area contributed by atoms with E-state index >= 15 is 0 Å². The molecule has 0 spiro atoms. The molecule has 1 heterocycles. The molecule has 0 aliphatic rings.